The predicted molar refractivity (Wildman–Crippen MR) is 235 cm³/mol. The fourth-order valence-corrected chi connectivity index (χ4v) is 10.1. The average Bonchev–Trinajstić information content (AvgIpc) is 3.78. The number of allylic oxidation sites excluding steroid dienone is 2. The molecule has 0 unspecified atom stereocenters. The zero-order valence-electron chi connectivity index (χ0n) is 34.7. The Morgan fingerprint density at radius 1 is 0.841 bits per heavy atom. The van der Waals surface area contributed by atoms with Crippen molar-refractivity contribution in [2.24, 2.45) is 5.92 Å². The lowest BCUT2D eigenvalue weighted by Gasteiger charge is -2.46. The average molecular weight is 842 g/mol. The van der Waals surface area contributed by atoms with Crippen molar-refractivity contribution in [1.29, 1.82) is 0 Å². The van der Waals surface area contributed by atoms with Crippen LogP contribution in [0.25, 0.3) is 0 Å². The fraction of sp³-hybridized carbons (Fsp3) is 0.269. The molecule has 4 aliphatic rings. The second kappa shape index (κ2) is 17.4. The number of carbonyl (C=O) groups is 4. The number of hydrogen-bond acceptors (Lipinski definition) is 8. The number of esters is 1. The number of nitrogens with zero attached hydrogens (tertiary/aromatic N) is 2. The molecule has 63 heavy (non-hydrogen) atoms. The number of cyclic esters (lactones) is 1. The number of carbonyl (C=O) groups excluding carboxylic acids is 3. The first kappa shape index (κ1) is 41.4. The van der Waals surface area contributed by atoms with E-state index in [-0.39, 0.29) is 24.5 Å². The van der Waals surface area contributed by atoms with Gasteiger partial charge < -0.3 is 25.0 Å². The number of nitrogens with one attached hydrogen (secondary N) is 1. The second-order valence-corrected chi connectivity index (χ2v) is 16.4. The maximum atomic E-state index is 16.2. The molecule has 3 aliphatic heterocycles. The molecular weight excluding hydrogens is 795 g/mol. The van der Waals surface area contributed by atoms with Crippen LogP contribution in [0.4, 0.5) is 10.5 Å². The van der Waals surface area contributed by atoms with Crippen LogP contribution in [-0.2, 0) is 24.5 Å². The van der Waals surface area contributed by atoms with Crippen LogP contribution in [0.15, 0.2) is 145 Å². The van der Waals surface area contributed by atoms with Crippen molar-refractivity contribution in [3.63, 3.8) is 0 Å². The number of amides is 3. The number of fused-ring (bicyclic) bond motifs is 3. The van der Waals surface area contributed by atoms with Gasteiger partial charge in [-0.05, 0) is 96.3 Å². The number of morpholine rings is 1. The first-order valence-corrected chi connectivity index (χ1v) is 21.4. The van der Waals surface area contributed by atoms with Crippen molar-refractivity contribution >= 4 is 29.6 Å². The third kappa shape index (κ3) is 7.35. The van der Waals surface area contributed by atoms with Crippen LogP contribution < -0.4 is 15.0 Å². The van der Waals surface area contributed by atoms with E-state index in [0.29, 0.717) is 22.4 Å². The normalized spacial score (nSPS) is 24.3. The van der Waals surface area contributed by atoms with Gasteiger partial charge in [0.15, 0.2) is 0 Å². The zero-order chi connectivity index (χ0) is 43.7. The van der Waals surface area contributed by atoms with E-state index in [2.05, 4.69) is 23.2 Å². The van der Waals surface area contributed by atoms with Crippen molar-refractivity contribution in [3.8, 4) is 17.6 Å². The molecule has 3 N–H and O–H groups in total. The number of benzene rings is 5. The molecule has 0 saturated carbocycles. The predicted octanol–water partition coefficient (Wildman–Crippen LogP) is 8.13. The van der Waals surface area contributed by atoms with E-state index >= 15 is 4.79 Å². The van der Waals surface area contributed by atoms with Crippen LogP contribution in [0.3, 0.4) is 0 Å². The van der Waals surface area contributed by atoms with Gasteiger partial charge in [-0.15, -0.1) is 0 Å². The Kier molecular flexibility index (Phi) is 11.4. The highest BCUT2D eigenvalue weighted by molar-refractivity contribution is 6.24. The summed E-state index contributed by atoms with van der Waals surface area (Å²) in [6.45, 7) is 1.53. The van der Waals surface area contributed by atoms with Gasteiger partial charge in [-0.1, -0.05) is 121 Å². The molecule has 1 spiro atoms. The number of aliphatic carboxylic acids is 1. The highest BCUT2D eigenvalue weighted by Crippen LogP contribution is 2.66. The number of carboxylic acids is 1. The largest absolute Gasteiger partial charge is 0.491 e. The van der Waals surface area contributed by atoms with E-state index in [4.69, 9.17) is 9.47 Å². The number of urea groups is 1. The Morgan fingerprint density at radius 2 is 1.54 bits per heavy atom. The van der Waals surface area contributed by atoms with Crippen LogP contribution in [-0.4, -0.2) is 58.2 Å². The highest BCUT2D eigenvalue weighted by atomic mass is 16.6. The summed E-state index contributed by atoms with van der Waals surface area (Å²) in [4.78, 5) is 63.2. The van der Waals surface area contributed by atoms with Crippen LogP contribution in [0.2, 0.25) is 0 Å². The van der Waals surface area contributed by atoms with Crippen molar-refractivity contribution in [2.45, 2.75) is 68.3 Å². The first-order chi connectivity index (χ1) is 30.7. The Bertz CT molecular complexity index is 2640. The lowest BCUT2D eigenvalue weighted by atomic mass is 9.65. The molecule has 318 valence electrons. The van der Waals surface area contributed by atoms with Gasteiger partial charge >= 0.3 is 18.0 Å². The van der Waals surface area contributed by atoms with Gasteiger partial charge in [0.25, 0.3) is 0 Å². The van der Waals surface area contributed by atoms with E-state index in [9.17, 15) is 24.6 Å². The molecule has 1 aliphatic carbocycles. The molecule has 5 aromatic rings. The van der Waals surface area contributed by atoms with Gasteiger partial charge in [0, 0.05) is 5.56 Å². The fourth-order valence-electron chi connectivity index (χ4n) is 10.1. The van der Waals surface area contributed by atoms with Crippen LogP contribution in [0, 0.1) is 17.8 Å². The lowest BCUT2D eigenvalue weighted by Crippen LogP contribution is -2.54. The van der Waals surface area contributed by atoms with E-state index in [1.54, 1.807) is 42.5 Å². The smallest absolute Gasteiger partial charge is 0.329 e. The van der Waals surface area contributed by atoms with Gasteiger partial charge in [-0.25, -0.2) is 9.69 Å². The number of imide groups is 1. The Balaban J connectivity index is 1.32. The quantitative estimate of drug-likeness (QED) is 0.0990. The minimum atomic E-state index is -2.12. The summed E-state index contributed by atoms with van der Waals surface area (Å²) in [5.41, 5.74) is 2.51. The third-order valence-electron chi connectivity index (χ3n) is 12.8. The minimum absolute atomic E-state index is 0.0217. The molecular formula is C52H47N3O8. The first-order valence-electron chi connectivity index (χ1n) is 21.4. The summed E-state index contributed by atoms with van der Waals surface area (Å²) in [6, 6.07) is 35.2. The van der Waals surface area contributed by atoms with E-state index < -0.39 is 65.5 Å². The van der Waals surface area contributed by atoms with Gasteiger partial charge in [0.1, 0.15) is 35.8 Å². The Hall–Kier alpha value is -7.00. The van der Waals surface area contributed by atoms with E-state index in [0.717, 1.165) is 47.3 Å². The number of hydrogen-bond donors (Lipinski definition) is 3. The van der Waals surface area contributed by atoms with Gasteiger partial charge in [-0.2, -0.15) is 0 Å². The van der Waals surface area contributed by atoms with Crippen molar-refractivity contribution < 1.29 is 38.9 Å². The second-order valence-electron chi connectivity index (χ2n) is 16.4. The molecule has 3 heterocycles. The summed E-state index contributed by atoms with van der Waals surface area (Å²) >= 11 is 0. The third-order valence-corrected chi connectivity index (χ3v) is 12.8. The van der Waals surface area contributed by atoms with Crippen LogP contribution in [0.5, 0.6) is 5.75 Å². The highest BCUT2D eigenvalue weighted by Gasteiger charge is 2.76. The SMILES string of the molecule is C[C@@H](NC(=O)N1C(=O)[C@@]2(c3cc(C#CC4=CCCCC4)ccc31)[C@H](c1cccc(OCCO)c1)N1[C@H](c3ccccc3)[C@H](c3ccccc3)OC(=O)[C@H]1[C@@H]2C(=O)O)c1ccccc1. The minimum Gasteiger partial charge on any atom is -0.491 e. The Morgan fingerprint density at radius 3 is 2.22 bits per heavy atom. The summed E-state index contributed by atoms with van der Waals surface area (Å²) < 4.78 is 12.3. The maximum absolute atomic E-state index is 16.2. The van der Waals surface area contributed by atoms with Crippen molar-refractivity contribution in [3.05, 3.63) is 178 Å². The molecule has 0 bridgehead atoms. The lowest BCUT2D eigenvalue weighted by molar-refractivity contribution is -0.179. The van der Waals surface area contributed by atoms with Gasteiger partial charge in [0.05, 0.1) is 30.4 Å². The molecule has 9 rings (SSSR count). The molecule has 2 fully saturated rings. The van der Waals surface area contributed by atoms with Crippen LogP contribution in [0.1, 0.15) is 90.2 Å². The topological polar surface area (TPSA) is 146 Å². The number of aliphatic hydroxyl groups is 1. The molecule has 0 aromatic heterocycles. The number of anilines is 1. The van der Waals surface area contributed by atoms with Crippen LogP contribution >= 0.6 is 0 Å². The molecule has 11 nitrogen and oxygen atoms in total. The monoisotopic (exact) mass is 841 g/mol. The molecule has 3 amide bonds. The zero-order valence-corrected chi connectivity index (χ0v) is 34.7. The van der Waals surface area contributed by atoms with Gasteiger partial charge in [0.2, 0.25) is 5.91 Å². The molecule has 11 heteroatoms. The number of ether oxygens (including phenoxy) is 2. The summed E-state index contributed by atoms with van der Waals surface area (Å²) in [5, 5.41) is 24.4. The number of carboxylic acid groups (broad SMARTS) is 1. The molecule has 7 atom stereocenters. The summed E-state index contributed by atoms with van der Waals surface area (Å²) in [7, 11) is 0. The van der Waals surface area contributed by atoms with Gasteiger partial charge in [-0.3, -0.25) is 19.3 Å². The standard InChI is InChI=1S/C52H47N3O8/c1-33(36-17-8-3-9-18-36)53-51(61)54-42-28-27-35(26-25-34-15-6-2-7-16-34)31-41(42)52(50(54)60)43(48(57)58)45-49(59)63-46(38-21-12-5-13-22-38)44(37-19-10-4-11-20-37)55(45)47(52)39-23-14-24-40(32-39)62-30-29-56/h3-5,8-15,17-24,27-28,31-33,43-47,56H,2,6-7,16,29-30H2,1H3,(H,53,61)(H,57,58)/t33-,43-,44-,45-,46+,47+,52-/m1/s1. The molecule has 5 aromatic carbocycles. The molecule has 2 saturated heterocycles. The summed E-state index contributed by atoms with van der Waals surface area (Å²) in [5.74, 6) is 2.16. The number of rotatable bonds is 9. The van der Waals surface area contributed by atoms with Crippen molar-refractivity contribution in [1.82, 2.24) is 10.2 Å². The Labute approximate surface area is 366 Å². The van der Waals surface area contributed by atoms with E-state index in [1.165, 1.54) is 0 Å². The van der Waals surface area contributed by atoms with E-state index in [1.807, 2.05) is 103 Å². The number of aliphatic hydroxyl groups excluding tert-OH is 1. The maximum Gasteiger partial charge on any atom is 0.329 e. The summed E-state index contributed by atoms with van der Waals surface area (Å²) in [6.07, 6.45) is 5.09. The molecule has 0 radical (unpaired) electrons. The van der Waals surface area contributed by atoms with Crippen molar-refractivity contribution in [2.75, 3.05) is 18.1 Å².